The van der Waals surface area contributed by atoms with Crippen LogP contribution in [-0.4, -0.2) is 12.5 Å². The molecule has 1 N–H and O–H groups in total. The Balaban J connectivity index is 1.99. The molecule has 0 aliphatic carbocycles. The average molecular weight is 277 g/mol. The van der Waals surface area contributed by atoms with Gasteiger partial charge in [-0.15, -0.1) is 11.3 Å². The molecule has 0 aliphatic heterocycles. The van der Waals surface area contributed by atoms with Crippen molar-refractivity contribution >= 4 is 17.2 Å². The van der Waals surface area contributed by atoms with Crippen molar-refractivity contribution in [2.45, 2.75) is 19.3 Å². The number of benzene rings is 1. The highest BCUT2D eigenvalue weighted by Crippen LogP contribution is 2.26. The van der Waals surface area contributed by atoms with E-state index in [2.05, 4.69) is 25.2 Å². The van der Waals surface area contributed by atoms with E-state index in [0.29, 0.717) is 12.1 Å². The van der Waals surface area contributed by atoms with E-state index in [4.69, 9.17) is 0 Å². The summed E-state index contributed by atoms with van der Waals surface area (Å²) in [5.74, 6) is -0.514. The van der Waals surface area contributed by atoms with Crippen molar-refractivity contribution in [1.82, 2.24) is 5.32 Å². The Hall–Kier alpha value is -1.68. The molecule has 0 fully saturated rings. The van der Waals surface area contributed by atoms with Crippen molar-refractivity contribution in [3.63, 3.8) is 0 Å². The number of halogens is 1. The average Bonchev–Trinajstić information content (AvgIpc) is 2.91. The van der Waals surface area contributed by atoms with E-state index >= 15 is 0 Å². The van der Waals surface area contributed by atoms with Gasteiger partial charge in [-0.25, -0.2) is 4.39 Å². The Morgan fingerprint density at radius 1 is 1.26 bits per heavy atom. The normalized spacial score (nSPS) is 11.3. The fourth-order valence-corrected chi connectivity index (χ4v) is 2.61. The standard InChI is InChI=1S/C15H16FNOS/c1-15(2,13-4-3-9-19-13)10-17-14(18)11-5-7-12(16)8-6-11/h3-9H,10H2,1-2H3,(H,17,18). The zero-order chi connectivity index (χ0) is 13.9. The molecule has 1 aromatic heterocycles. The molecule has 2 aromatic rings. The third-order valence-corrected chi connectivity index (χ3v) is 4.22. The van der Waals surface area contributed by atoms with Crippen LogP contribution < -0.4 is 5.32 Å². The van der Waals surface area contributed by atoms with Gasteiger partial charge in [0.15, 0.2) is 0 Å². The number of rotatable bonds is 4. The summed E-state index contributed by atoms with van der Waals surface area (Å²) in [4.78, 5) is 13.2. The van der Waals surface area contributed by atoms with Gasteiger partial charge in [-0.1, -0.05) is 19.9 Å². The van der Waals surface area contributed by atoms with E-state index in [0.717, 1.165) is 0 Å². The molecule has 0 bridgehead atoms. The third kappa shape index (κ3) is 3.41. The highest BCUT2D eigenvalue weighted by atomic mass is 32.1. The quantitative estimate of drug-likeness (QED) is 0.909. The lowest BCUT2D eigenvalue weighted by Gasteiger charge is -2.23. The van der Waals surface area contributed by atoms with Crippen molar-refractivity contribution in [2.75, 3.05) is 6.54 Å². The topological polar surface area (TPSA) is 29.1 Å². The second-order valence-electron chi connectivity index (χ2n) is 5.05. The SMILES string of the molecule is CC(C)(CNC(=O)c1ccc(F)cc1)c1cccs1. The van der Waals surface area contributed by atoms with Gasteiger partial charge in [-0.3, -0.25) is 4.79 Å². The Morgan fingerprint density at radius 3 is 2.53 bits per heavy atom. The summed E-state index contributed by atoms with van der Waals surface area (Å²) in [5.41, 5.74) is 0.368. The van der Waals surface area contributed by atoms with Crippen molar-refractivity contribution in [1.29, 1.82) is 0 Å². The fraction of sp³-hybridized carbons (Fsp3) is 0.267. The number of amides is 1. The summed E-state index contributed by atoms with van der Waals surface area (Å²) in [6.07, 6.45) is 0. The van der Waals surface area contributed by atoms with Crippen molar-refractivity contribution in [3.8, 4) is 0 Å². The van der Waals surface area contributed by atoms with E-state index in [9.17, 15) is 9.18 Å². The number of thiophene rings is 1. The third-order valence-electron chi connectivity index (χ3n) is 2.99. The van der Waals surface area contributed by atoms with E-state index in [1.165, 1.54) is 29.1 Å². The molecule has 1 heterocycles. The molecule has 0 atom stereocenters. The lowest BCUT2D eigenvalue weighted by atomic mass is 9.91. The maximum atomic E-state index is 12.8. The minimum atomic E-state index is -0.338. The van der Waals surface area contributed by atoms with Gasteiger partial charge in [-0.2, -0.15) is 0 Å². The molecule has 19 heavy (non-hydrogen) atoms. The highest BCUT2D eigenvalue weighted by Gasteiger charge is 2.22. The zero-order valence-electron chi connectivity index (χ0n) is 10.9. The van der Waals surface area contributed by atoms with Gasteiger partial charge in [0.2, 0.25) is 0 Å². The van der Waals surface area contributed by atoms with Gasteiger partial charge < -0.3 is 5.32 Å². The van der Waals surface area contributed by atoms with Crippen LogP contribution in [0.3, 0.4) is 0 Å². The summed E-state index contributed by atoms with van der Waals surface area (Å²) >= 11 is 1.68. The zero-order valence-corrected chi connectivity index (χ0v) is 11.8. The molecule has 0 radical (unpaired) electrons. The molecule has 2 nitrogen and oxygen atoms in total. The molecule has 2 rings (SSSR count). The Morgan fingerprint density at radius 2 is 1.95 bits per heavy atom. The summed E-state index contributed by atoms with van der Waals surface area (Å²) in [5, 5.41) is 4.92. The van der Waals surface area contributed by atoms with Gasteiger partial charge in [0, 0.05) is 22.4 Å². The van der Waals surface area contributed by atoms with Gasteiger partial charge in [0.25, 0.3) is 5.91 Å². The largest absolute Gasteiger partial charge is 0.351 e. The van der Waals surface area contributed by atoms with Crippen LogP contribution in [0.2, 0.25) is 0 Å². The minimum Gasteiger partial charge on any atom is -0.351 e. The number of nitrogens with one attached hydrogen (secondary N) is 1. The molecule has 0 saturated heterocycles. The summed E-state index contributed by atoms with van der Waals surface area (Å²) in [7, 11) is 0. The Labute approximate surface area is 116 Å². The van der Waals surface area contributed by atoms with Crippen LogP contribution in [-0.2, 0) is 5.41 Å². The second kappa shape index (κ2) is 5.53. The van der Waals surface area contributed by atoms with Crippen LogP contribution in [0.25, 0.3) is 0 Å². The van der Waals surface area contributed by atoms with E-state index in [1.807, 2.05) is 11.4 Å². The van der Waals surface area contributed by atoms with Crippen LogP contribution in [0.5, 0.6) is 0 Å². The first-order chi connectivity index (χ1) is 8.99. The molecular formula is C15H16FNOS. The van der Waals surface area contributed by atoms with Gasteiger partial charge in [0.05, 0.1) is 0 Å². The van der Waals surface area contributed by atoms with Crippen LogP contribution in [0.15, 0.2) is 41.8 Å². The Kier molecular flexibility index (Phi) is 4.00. The molecule has 100 valence electrons. The molecule has 1 amide bonds. The van der Waals surface area contributed by atoms with Gasteiger partial charge in [-0.05, 0) is 35.7 Å². The predicted octanol–water partition coefficient (Wildman–Crippen LogP) is 3.59. The maximum Gasteiger partial charge on any atom is 0.251 e. The summed E-state index contributed by atoms with van der Waals surface area (Å²) in [6, 6.07) is 9.63. The summed E-state index contributed by atoms with van der Waals surface area (Å²) < 4.78 is 12.8. The monoisotopic (exact) mass is 277 g/mol. The second-order valence-corrected chi connectivity index (χ2v) is 6.00. The Bertz CT molecular complexity index is 546. The van der Waals surface area contributed by atoms with E-state index < -0.39 is 0 Å². The van der Waals surface area contributed by atoms with Crippen LogP contribution >= 0.6 is 11.3 Å². The fourth-order valence-electron chi connectivity index (χ4n) is 1.76. The molecule has 0 spiro atoms. The van der Waals surface area contributed by atoms with Crippen molar-refractivity contribution in [2.24, 2.45) is 0 Å². The number of hydrogen-bond donors (Lipinski definition) is 1. The molecule has 0 unspecified atom stereocenters. The molecule has 0 aliphatic rings. The van der Waals surface area contributed by atoms with Gasteiger partial charge in [0.1, 0.15) is 5.82 Å². The molecule has 1 aromatic carbocycles. The first-order valence-electron chi connectivity index (χ1n) is 6.07. The number of hydrogen-bond acceptors (Lipinski definition) is 2. The minimum absolute atomic E-state index is 0.107. The lowest BCUT2D eigenvalue weighted by molar-refractivity contribution is 0.0946. The van der Waals surface area contributed by atoms with Crippen LogP contribution in [0.4, 0.5) is 4.39 Å². The molecule has 4 heteroatoms. The number of carbonyl (C=O) groups excluding carboxylic acids is 1. The summed E-state index contributed by atoms with van der Waals surface area (Å²) in [6.45, 7) is 4.72. The number of carbonyl (C=O) groups is 1. The van der Waals surface area contributed by atoms with Gasteiger partial charge >= 0.3 is 0 Å². The lowest BCUT2D eigenvalue weighted by Crippen LogP contribution is -2.36. The molecular weight excluding hydrogens is 261 g/mol. The maximum absolute atomic E-state index is 12.8. The first-order valence-corrected chi connectivity index (χ1v) is 6.95. The van der Waals surface area contributed by atoms with E-state index in [-0.39, 0.29) is 17.1 Å². The smallest absolute Gasteiger partial charge is 0.251 e. The van der Waals surface area contributed by atoms with Crippen molar-refractivity contribution in [3.05, 3.63) is 58.0 Å². The molecule has 0 saturated carbocycles. The van der Waals surface area contributed by atoms with Crippen molar-refractivity contribution < 1.29 is 9.18 Å². The first kappa shape index (κ1) is 13.7. The van der Waals surface area contributed by atoms with E-state index in [1.54, 1.807) is 11.3 Å². The highest BCUT2D eigenvalue weighted by molar-refractivity contribution is 7.10. The van der Waals surface area contributed by atoms with Crippen LogP contribution in [0, 0.1) is 5.82 Å². The van der Waals surface area contributed by atoms with Crippen LogP contribution in [0.1, 0.15) is 29.1 Å². The predicted molar refractivity (Wildman–Crippen MR) is 76.1 cm³/mol.